The van der Waals surface area contributed by atoms with Gasteiger partial charge in [0, 0.05) is 23.2 Å². The largest absolute Gasteiger partial charge is 0.497 e. The van der Waals surface area contributed by atoms with Crippen molar-refractivity contribution in [2.45, 2.75) is 26.2 Å². The van der Waals surface area contributed by atoms with Gasteiger partial charge in [0.25, 0.3) is 5.91 Å². The monoisotopic (exact) mass is 370 g/mol. The number of methoxy groups -OCH3 is 2. The van der Waals surface area contributed by atoms with Crippen LogP contribution >= 0.6 is 0 Å². The average molecular weight is 370 g/mol. The van der Waals surface area contributed by atoms with E-state index < -0.39 is 5.91 Å². The SMILES string of the molecule is COc1ccc(OC)c(-c2cc(C(=O)Nc3cc(C(C)(C)C)[nH]n3)no2)c1. The lowest BCUT2D eigenvalue weighted by molar-refractivity contribution is 0.101. The normalized spacial score (nSPS) is 11.3. The number of amides is 1. The average Bonchev–Trinajstić information content (AvgIpc) is 3.30. The van der Waals surface area contributed by atoms with Crippen molar-refractivity contribution in [3.05, 3.63) is 41.7 Å². The highest BCUT2D eigenvalue weighted by atomic mass is 16.5. The first-order valence-electron chi connectivity index (χ1n) is 8.38. The molecule has 27 heavy (non-hydrogen) atoms. The van der Waals surface area contributed by atoms with Crippen LogP contribution in [0.2, 0.25) is 0 Å². The van der Waals surface area contributed by atoms with E-state index in [1.54, 1.807) is 44.6 Å². The maximum Gasteiger partial charge on any atom is 0.279 e. The van der Waals surface area contributed by atoms with Gasteiger partial charge in [-0.15, -0.1) is 0 Å². The number of ether oxygens (including phenoxy) is 2. The van der Waals surface area contributed by atoms with E-state index in [1.807, 2.05) is 0 Å². The van der Waals surface area contributed by atoms with Crippen LogP contribution in [-0.4, -0.2) is 35.5 Å². The summed E-state index contributed by atoms with van der Waals surface area (Å²) in [5.74, 6) is 1.63. The fourth-order valence-corrected chi connectivity index (χ4v) is 2.47. The Morgan fingerprint density at radius 2 is 1.93 bits per heavy atom. The molecule has 0 aliphatic rings. The molecule has 0 atom stereocenters. The first-order chi connectivity index (χ1) is 12.8. The number of nitrogens with one attached hydrogen (secondary N) is 2. The van der Waals surface area contributed by atoms with Crippen molar-refractivity contribution >= 4 is 11.7 Å². The van der Waals surface area contributed by atoms with Crippen LogP contribution in [0.1, 0.15) is 37.0 Å². The lowest BCUT2D eigenvalue weighted by Gasteiger charge is -2.14. The van der Waals surface area contributed by atoms with E-state index in [-0.39, 0.29) is 11.1 Å². The molecule has 8 nitrogen and oxygen atoms in total. The number of carbonyl (C=O) groups excluding carboxylic acids is 1. The van der Waals surface area contributed by atoms with Gasteiger partial charge in [-0.2, -0.15) is 5.10 Å². The third-order valence-electron chi connectivity index (χ3n) is 4.04. The number of rotatable bonds is 5. The lowest BCUT2D eigenvalue weighted by Crippen LogP contribution is -2.12. The van der Waals surface area contributed by atoms with Gasteiger partial charge in [0.15, 0.2) is 17.3 Å². The molecule has 2 N–H and O–H groups in total. The zero-order chi connectivity index (χ0) is 19.6. The standard InChI is InChI=1S/C19H22N4O4/c1-19(2,3)16-10-17(22-21-16)20-18(24)13-9-15(27-23-13)12-8-11(25-4)6-7-14(12)26-5/h6-10H,1-5H3,(H2,20,21,22,24). The molecule has 2 heterocycles. The van der Waals surface area contributed by atoms with Crippen molar-refractivity contribution in [3.8, 4) is 22.8 Å². The smallest absolute Gasteiger partial charge is 0.279 e. The fraction of sp³-hybridized carbons (Fsp3) is 0.316. The summed E-state index contributed by atoms with van der Waals surface area (Å²) in [5, 5.41) is 13.6. The number of nitrogens with zero attached hydrogens (tertiary/aromatic N) is 2. The molecule has 1 aromatic carbocycles. The second kappa shape index (κ2) is 7.14. The maximum atomic E-state index is 12.5. The van der Waals surface area contributed by atoms with Gasteiger partial charge in [0.1, 0.15) is 11.5 Å². The van der Waals surface area contributed by atoms with Gasteiger partial charge < -0.3 is 19.3 Å². The molecule has 0 fully saturated rings. The Labute approximate surface area is 156 Å². The van der Waals surface area contributed by atoms with E-state index in [1.165, 1.54) is 0 Å². The summed E-state index contributed by atoms with van der Waals surface area (Å²) in [5.41, 5.74) is 1.59. The minimum absolute atomic E-state index is 0.0973. The summed E-state index contributed by atoms with van der Waals surface area (Å²) in [6.45, 7) is 6.16. The Kier molecular flexibility index (Phi) is 4.89. The predicted molar refractivity (Wildman–Crippen MR) is 100 cm³/mol. The first kappa shape index (κ1) is 18.5. The van der Waals surface area contributed by atoms with Gasteiger partial charge in [-0.1, -0.05) is 25.9 Å². The zero-order valence-corrected chi connectivity index (χ0v) is 15.9. The fourth-order valence-electron chi connectivity index (χ4n) is 2.47. The van der Waals surface area contributed by atoms with Crippen molar-refractivity contribution < 1.29 is 18.8 Å². The van der Waals surface area contributed by atoms with Gasteiger partial charge in [0.05, 0.1) is 19.8 Å². The van der Waals surface area contributed by atoms with E-state index in [9.17, 15) is 4.79 Å². The Morgan fingerprint density at radius 3 is 2.56 bits per heavy atom. The zero-order valence-electron chi connectivity index (χ0n) is 15.9. The van der Waals surface area contributed by atoms with Crippen molar-refractivity contribution in [1.82, 2.24) is 15.4 Å². The third-order valence-corrected chi connectivity index (χ3v) is 4.04. The number of benzene rings is 1. The van der Waals surface area contributed by atoms with E-state index in [2.05, 4.69) is 41.4 Å². The van der Waals surface area contributed by atoms with Crippen molar-refractivity contribution in [2.75, 3.05) is 19.5 Å². The number of carbonyl (C=O) groups is 1. The number of anilines is 1. The molecule has 3 rings (SSSR count). The van der Waals surface area contributed by atoms with Crippen LogP contribution in [0.4, 0.5) is 5.82 Å². The summed E-state index contributed by atoms with van der Waals surface area (Å²) in [6, 6.07) is 8.63. The van der Waals surface area contributed by atoms with Crippen LogP contribution < -0.4 is 14.8 Å². The van der Waals surface area contributed by atoms with Crippen molar-refractivity contribution in [3.63, 3.8) is 0 Å². The molecular weight excluding hydrogens is 348 g/mol. The van der Waals surface area contributed by atoms with Gasteiger partial charge >= 0.3 is 0 Å². The predicted octanol–water partition coefficient (Wildman–Crippen LogP) is 3.63. The highest BCUT2D eigenvalue weighted by Gasteiger charge is 2.20. The van der Waals surface area contributed by atoms with Crippen molar-refractivity contribution in [2.24, 2.45) is 0 Å². The summed E-state index contributed by atoms with van der Waals surface area (Å²) in [7, 11) is 3.13. The molecule has 0 bridgehead atoms. The van der Waals surface area contributed by atoms with Gasteiger partial charge in [-0.3, -0.25) is 9.89 Å². The molecule has 142 valence electrons. The van der Waals surface area contributed by atoms with Gasteiger partial charge in [-0.25, -0.2) is 0 Å². The number of hydrogen-bond donors (Lipinski definition) is 2. The Morgan fingerprint density at radius 1 is 1.15 bits per heavy atom. The molecule has 1 amide bonds. The minimum atomic E-state index is -0.418. The molecular formula is C19H22N4O4. The van der Waals surface area contributed by atoms with Gasteiger partial charge in [-0.05, 0) is 18.2 Å². The second-order valence-corrected chi connectivity index (χ2v) is 7.01. The molecule has 2 aromatic heterocycles. The number of H-pyrrole nitrogens is 1. The van der Waals surface area contributed by atoms with Crippen molar-refractivity contribution in [1.29, 1.82) is 0 Å². The minimum Gasteiger partial charge on any atom is -0.497 e. The first-order valence-corrected chi connectivity index (χ1v) is 8.38. The highest BCUT2D eigenvalue weighted by Crippen LogP contribution is 2.33. The summed E-state index contributed by atoms with van der Waals surface area (Å²) in [6.07, 6.45) is 0. The molecule has 3 aromatic rings. The molecule has 0 unspecified atom stereocenters. The molecule has 0 radical (unpaired) electrons. The van der Waals surface area contributed by atoms with Crippen LogP contribution in [0.5, 0.6) is 11.5 Å². The molecule has 8 heteroatoms. The highest BCUT2D eigenvalue weighted by molar-refractivity contribution is 6.02. The molecule has 0 saturated heterocycles. The quantitative estimate of drug-likeness (QED) is 0.711. The van der Waals surface area contributed by atoms with Crippen LogP contribution in [0.15, 0.2) is 34.9 Å². The van der Waals surface area contributed by atoms with Crippen LogP contribution in [-0.2, 0) is 5.41 Å². The van der Waals surface area contributed by atoms with E-state index in [4.69, 9.17) is 14.0 Å². The Hall–Kier alpha value is -3.29. The number of aromatic nitrogens is 3. The van der Waals surface area contributed by atoms with E-state index in [0.29, 0.717) is 28.6 Å². The molecule has 0 aliphatic carbocycles. The van der Waals surface area contributed by atoms with E-state index >= 15 is 0 Å². The number of aromatic amines is 1. The Bertz CT molecular complexity index is 953. The second-order valence-electron chi connectivity index (χ2n) is 7.01. The molecule has 0 saturated carbocycles. The molecule has 0 aliphatic heterocycles. The van der Waals surface area contributed by atoms with Crippen LogP contribution in [0, 0.1) is 0 Å². The summed E-state index contributed by atoms with van der Waals surface area (Å²) < 4.78 is 15.9. The van der Waals surface area contributed by atoms with Crippen LogP contribution in [0.3, 0.4) is 0 Å². The molecule has 0 spiro atoms. The number of hydrogen-bond acceptors (Lipinski definition) is 6. The summed E-state index contributed by atoms with van der Waals surface area (Å²) in [4.78, 5) is 12.5. The lowest BCUT2D eigenvalue weighted by atomic mass is 9.92. The maximum absolute atomic E-state index is 12.5. The van der Waals surface area contributed by atoms with Gasteiger partial charge in [0.2, 0.25) is 0 Å². The van der Waals surface area contributed by atoms with Crippen LogP contribution in [0.25, 0.3) is 11.3 Å². The Balaban J connectivity index is 1.81. The summed E-state index contributed by atoms with van der Waals surface area (Å²) >= 11 is 0. The topological polar surface area (TPSA) is 102 Å². The van der Waals surface area contributed by atoms with E-state index in [0.717, 1.165) is 5.69 Å². The third kappa shape index (κ3) is 3.94.